The minimum absolute atomic E-state index is 0.678. The molecule has 1 N–H and O–H groups in total. The normalized spacial score (nSPS) is 16.5. The molecule has 0 radical (unpaired) electrons. The lowest BCUT2D eigenvalue weighted by Gasteiger charge is -2.18. The molecule has 0 aliphatic carbocycles. The van der Waals surface area contributed by atoms with Gasteiger partial charge < -0.3 is 4.74 Å². The molecule has 60 valence electrons. The number of rotatable bonds is 1. The summed E-state index contributed by atoms with van der Waals surface area (Å²) in [7, 11) is -2.66. The van der Waals surface area contributed by atoms with Crippen molar-refractivity contribution in [3.63, 3.8) is 0 Å². The Balaban J connectivity index is 3.78. The van der Waals surface area contributed by atoms with Crippen LogP contribution in [-0.4, -0.2) is 18.7 Å². The fourth-order valence-corrected chi connectivity index (χ4v) is 0.341. The van der Waals surface area contributed by atoms with E-state index >= 15 is 0 Å². The summed E-state index contributed by atoms with van der Waals surface area (Å²) >= 11 is 0. The molecule has 0 spiro atoms. The van der Waals surface area contributed by atoms with Crippen molar-refractivity contribution >= 4 is 6.09 Å². The minimum atomic E-state index is -2.66. The van der Waals surface area contributed by atoms with Gasteiger partial charge in [-0.3, -0.25) is 4.84 Å². The Labute approximate surface area is 64.7 Å². The van der Waals surface area contributed by atoms with Gasteiger partial charge in [0.1, 0.15) is 5.60 Å². The van der Waals surface area contributed by atoms with Gasteiger partial charge in [0.15, 0.2) is 0 Å². The van der Waals surface area contributed by atoms with Crippen molar-refractivity contribution in [1.29, 1.82) is 0 Å². The molecule has 0 aromatic rings. The van der Waals surface area contributed by atoms with Crippen molar-refractivity contribution in [2.24, 2.45) is 0 Å². The number of carbonyl (C=O) groups excluding carboxylic acids is 1. The summed E-state index contributed by atoms with van der Waals surface area (Å²) in [6.45, 7) is 4.96. The van der Waals surface area contributed by atoms with E-state index in [1.54, 1.807) is 26.3 Å². The molecule has 0 aliphatic heterocycles. The average molecular weight is 150 g/mol. The largest absolute Gasteiger partial charge is 0.442 e. The molecule has 4 heteroatoms. The second kappa shape index (κ2) is 3.41. The standard InChI is InChI=1S/C6H13NO3/c1-6(2,3)10-5(8)7-9-4/h1-4H3,(H,7,8)/i4D3. The Morgan fingerprint density at radius 1 is 1.60 bits per heavy atom. The highest BCUT2D eigenvalue weighted by molar-refractivity contribution is 5.66. The van der Waals surface area contributed by atoms with Crippen molar-refractivity contribution in [3.8, 4) is 0 Å². The van der Waals surface area contributed by atoms with Gasteiger partial charge in [0.05, 0.1) is 11.2 Å². The van der Waals surface area contributed by atoms with Gasteiger partial charge in [0.25, 0.3) is 0 Å². The Morgan fingerprint density at radius 3 is 2.60 bits per heavy atom. The third-order valence-electron chi connectivity index (χ3n) is 0.533. The Hall–Kier alpha value is -0.770. The highest BCUT2D eigenvalue weighted by Gasteiger charge is 2.15. The number of ether oxygens (including phenoxy) is 1. The van der Waals surface area contributed by atoms with Crippen LogP contribution in [0, 0.1) is 0 Å². The lowest BCUT2D eigenvalue weighted by atomic mass is 10.2. The van der Waals surface area contributed by atoms with E-state index in [9.17, 15) is 4.79 Å². The maximum absolute atomic E-state index is 10.8. The summed E-state index contributed by atoms with van der Waals surface area (Å²) in [5.41, 5.74) is 0.977. The van der Waals surface area contributed by atoms with Crippen LogP contribution in [0.4, 0.5) is 4.79 Å². The van der Waals surface area contributed by atoms with Crippen LogP contribution < -0.4 is 5.48 Å². The van der Waals surface area contributed by atoms with Gasteiger partial charge in [0.2, 0.25) is 0 Å². The van der Waals surface area contributed by atoms with Crippen LogP contribution in [0.15, 0.2) is 0 Å². The monoisotopic (exact) mass is 150 g/mol. The molecule has 0 aromatic heterocycles. The van der Waals surface area contributed by atoms with Crippen molar-refractivity contribution in [1.82, 2.24) is 5.48 Å². The second-order valence-corrected chi connectivity index (χ2v) is 2.71. The topological polar surface area (TPSA) is 47.6 Å². The summed E-state index contributed by atoms with van der Waals surface area (Å²) < 4.78 is 24.5. The lowest BCUT2D eigenvalue weighted by Crippen LogP contribution is -2.31. The second-order valence-electron chi connectivity index (χ2n) is 2.71. The molecule has 0 rings (SSSR count). The Morgan fingerprint density at radius 2 is 2.20 bits per heavy atom. The van der Waals surface area contributed by atoms with Gasteiger partial charge >= 0.3 is 6.09 Å². The van der Waals surface area contributed by atoms with Crippen molar-refractivity contribution in [2.75, 3.05) is 7.04 Å². The van der Waals surface area contributed by atoms with E-state index in [1.165, 1.54) is 0 Å². The van der Waals surface area contributed by atoms with Crippen molar-refractivity contribution in [3.05, 3.63) is 0 Å². The van der Waals surface area contributed by atoms with Crippen molar-refractivity contribution < 1.29 is 18.5 Å². The van der Waals surface area contributed by atoms with Gasteiger partial charge in [-0.2, -0.15) is 5.48 Å². The lowest BCUT2D eigenvalue weighted by molar-refractivity contribution is 0.00881. The number of hydrogen-bond donors (Lipinski definition) is 1. The molecule has 10 heavy (non-hydrogen) atoms. The molecule has 0 aliphatic rings. The van der Waals surface area contributed by atoms with Gasteiger partial charge in [-0.25, -0.2) is 4.79 Å². The van der Waals surface area contributed by atoms with E-state index < -0.39 is 18.7 Å². The van der Waals surface area contributed by atoms with Crippen LogP contribution >= 0.6 is 0 Å². The van der Waals surface area contributed by atoms with Gasteiger partial charge in [0, 0.05) is 0 Å². The van der Waals surface area contributed by atoms with Crippen LogP contribution in [0.3, 0.4) is 0 Å². The van der Waals surface area contributed by atoms with Crippen LogP contribution in [0.5, 0.6) is 0 Å². The average Bonchev–Trinajstić information content (AvgIpc) is 1.78. The summed E-state index contributed by atoms with van der Waals surface area (Å²) in [6.07, 6.45) is -0.927. The zero-order valence-electron chi connectivity index (χ0n) is 9.22. The molecule has 0 bridgehead atoms. The van der Waals surface area contributed by atoms with E-state index in [2.05, 4.69) is 4.84 Å². The molecule has 0 saturated carbocycles. The first-order valence-corrected chi connectivity index (χ1v) is 2.77. The van der Waals surface area contributed by atoms with E-state index in [0.717, 1.165) is 0 Å². The zero-order chi connectivity index (χ0) is 10.7. The predicted molar refractivity (Wildman–Crippen MR) is 36.4 cm³/mol. The summed E-state index contributed by atoms with van der Waals surface area (Å²) in [5, 5.41) is 0. The van der Waals surface area contributed by atoms with Crippen molar-refractivity contribution in [2.45, 2.75) is 26.4 Å². The predicted octanol–water partition coefficient (Wildman–Crippen LogP) is 1.07. The summed E-state index contributed by atoms with van der Waals surface area (Å²) in [5.74, 6) is 0. The first-order valence-electron chi connectivity index (χ1n) is 4.27. The number of hydrogen-bond acceptors (Lipinski definition) is 3. The third kappa shape index (κ3) is 5.37. The molecular formula is C6H13NO3. The summed E-state index contributed by atoms with van der Waals surface area (Å²) in [6, 6.07) is 0. The Kier molecular flexibility index (Phi) is 1.69. The van der Waals surface area contributed by atoms with Crippen LogP contribution in [0.1, 0.15) is 24.9 Å². The van der Waals surface area contributed by atoms with Gasteiger partial charge in [-0.1, -0.05) is 0 Å². The molecule has 0 heterocycles. The first-order chi connectivity index (χ1) is 5.60. The van der Waals surface area contributed by atoms with Gasteiger partial charge in [-0.05, 0) is 20.8 Å². The zero-order valence-corrected chi connectivity index (χ0v) is 6.22. The highest BCUT2D eigenvalue weighted by Crippen LogP contribution is 2.05. The van der Waals surface area contributed by atoms with E-state index in [1.807, 2.05) is 0 Å². The Bertz CT molecular complexity index is 185. The smallest absolute Gasteiger partial charge is 0.431 e. The van der Waals surface area contributed by atoms with E-state index in [4.69, 9.17) is 8.85 Å². The van der Waals surface area contributed by atoms with E-state index in [-0.39, 0.29) is 0 Å². The number of carbonyl (C=O) groups is 1. The quantitative estimate of drug-likeness (QED) is 0.569. The molecule has 4 nitrogen and oxygen atoms in total. The fourth-order valence-electron chi connectivity index (χ4n) is 0.341. The van der Waals surface area contributed by atoms with Gasteiger partial charge in [-0.15, -0.1) is 0 Å². The van der Waals surface area contributed by atoms with Crippen LogP contribution in [0.25, 0.3) is 0 Å². The van der Waals surface area contributed by atoms with Crippen LogP contribution in [-0.2, 0) is 9.57 Å². The molecule has 0 unspecified atom stereocenters. The summed E-state index contributed by atoms with van der Waals surface area (Å²) in [4.78, 5) is 14.8. The molecule has 0 fully saturated rings. The van der Waals surface area contributed by atoms with Crippen LogP contribution in [0.2, 0.25) is 0 Å². The third-order valence-corrected chi connectivity index (χ3v) is 0.533. The maximum Gasteiger partial charge on any atom is 0.431 e. The number of nitrogens with one attached hydrogen (secondary N) is 1. The van der Waals surface area contributed by atoms with E-state index in [0.29, 0.717) is 0 Å². The molecule has 0 saturated heterocycles. The molecule has 1 amide bonds. The fraction of sp³-hybridized carbons (Fsp3) is 0.833. The molecule has 0 aromatic carbocycles. The minimum Gasteiger partial charge on any atom is -0.442 e. The first kappa shape index (κ1) is 4.96. The number of hydroxylamine groups is 1. The SMILES string of the molecule is [2H]C([2H])([2H])ONC(=O)OC(C)(C)C. The maximum atomic E-state index is 10.8. The molecular weight excluding hydrogens is 134 g/mol. The highest BCUT2D eigenvalue weighted by atomic mass is 16.7. The number of amides is 1. The molecule has 0 atom stereocenters.